The highest BCUT2D eigenvalue weighted by Crippen LogP contribution is 2.32. The number of aliphatic hydroxyl groups excluding tert-OH is 1. The SMILES string of the molecule is CSc1ncc(-c2cc(Cl)cc(Cl)c2CO)cn1. The van der Waals surface area contributed by atoms with Gasteiger partial charge in [0.1, 0.15) is 0 Å². The average Bonchev–Trinajstić information content (AvgIpc) is 2.38. The summed E-state index contributed by atoms with van der Waals surface area (Å²) in [6, 6.07) is 3.35. The van der Waals surface area contributed by atoms with E-state index in [9.17, 15) is 5.11 Å². The van der Waals surface area contributed by atoms with Gasteiger partial charge in [-0.15, -0.1) is 0 Å². The second-order valence-electron chi connectivity index (χ2n) is 3.53. The number of hydrogen-bond acceptors (Lipinski definition) is 4. The molecular weight excluding hydrogens is 291 g/mol. The molecule has 1 aromatic carbocycles. The molecule has 2 rings (SSSR count). The summed E-state index contributed by atoms with van der Waals surface area (Å²) in [4.78, 5) is 8.38. The maximum absolute atomic E-state index is 9.38. The zero-order valence-electron chi connectivity index (χ0n) is 9.52. The molecule has 1 N–H and O–H groups in total. The summed E-state index contributed by atoms with van der Waals surface area (Å²) in [5.74, 6) is 0. The molecule has 2 aromatic rings. The van der Waals surface area contributed by atoms with Crippen molar-refractivity contribution in [3.05, 3.63) is 40.1 Å². The summed E-state index contributed by atoms with van der Waals surface area (Å²) in [6.07, 6.45) is 5.30. The van der Waals surface area contributed by atoms with Crippen molar-refractivity contribution in [2.45, 2.75) is 11.8 Å². The first-order chi connectivity index (χ1) is 8.65. The van der Waals surface area contributed by atoms with Gasteiger partial charge in [-0.3, -0.25) is 0 Å². The fraction of sp³-hybridized carbons (Fsp3) is 0.167. The fourth-order valence-corrected chi connectivity index (χ4v) is 2.45. The van der Waals surface area contributed by atoms with E-state index in [0.717, 1.165) is 11.1 Å². The van der Waals surface area contributed by atoms with Gasteiger partial charge in [-0.2, -0.15) is 0 Å². The van der Waals surface area contributed by atoms with Crippen LogP contribution in [0.15, 0.2) is 29.7 Å². The number of nitrogens with zero attached hydrogens (tertiary/aromatic N) is 2. The van der Waals surface area contributed by atoms with E-state index in [4.69, 9.17) is 23.2 Å². The highest BCUT2D eigenvalue weighted by atomic mass is 35.5. The molecule has 0 amide bonds. The Morgan fingerprint density at radius 1 is 1.22 bits per heavy atom. The predicted molar refractivity (Wildman–Crippen MR) is 75.2 cm³/mol. The van der Waals surface area contributed by atoms with Crippen molar-refractivity contribution in [2.24, 2.45) is 0 Å². The Hall–Kier alpha value is -0.810. The highest BCUT2D eigenvalue weighted by molar-refractivity contribution is 7.98. The van der Waals surface area contributed by atoms with Crippen LogP contribution in [0.2, 0.25) is 10.0 Å². The van der Waals surface area contributed by atoms with Crippen LogP contribution < -0.4 is 0 Å². The molecule has 0 saturated heterocycles. The molecule has 0 aliphatic rings. The van der Waals surface area contributed by atoms with E-state index >= 15 is 0 Å². The van der Waals surface area contributed by atoms with E-state index in [1.165, 1.54) is 11.8 Å². The molecule has 18 heavy (non-hydrogen) atoms. The van der Waals surface area contributed by atoms with Crippen molar-refractivity contribution in [1.82, 2.24) is 9.97 Å². The number of thioether (sulfide) groups is 1. The first-order valence-electron chi connectivity index (χ1n) is 5.11. The Balaban J connectivity index is 2.54. The lowest BCUT2D eigenvalue weighted by atomic mass is 10.0. The van der Waals surface area contributed by atoms with Gasteiger partial charge in [-0.25, -0.2) is 9.97 Å². The lowest BCUT2D eigenvalue weighted by Gasteiger charge is -2.10. The van der Waals surface area contributed by atoms with Crippen LogP contribution in [-0.2, 0) is 6.61 Å². The van der Waals surface area contributed by atoms with E-state index in [2.05, 4.69) is 9.97 Å². The Morgan fingerprint density at radius 2 is 1.89 bits per heavy atom. The summed E-state index contributed by atoms with van der Waals surface area (Å²) < 4.78 is 0. The van der Waals surface area contributed by atoms with Crippen LogP contribution in [0.5, 0.6) is 0 Å². The van der Waals surface area contributed by atoms with Crippen molar-refractivity contribution in [3.63, 3.8) is 0 Å². The molecule has 0 saturated carbocycles. The largest absolute Gasteiger partial charge is 0.392 e. The lowest BCUT2D eigenvalue weighted by Crippen LogP contribution is -1.94. The molecule has 0 bridgehead atoms. The van der Waals surface area contributed by atoms with Gasteiger partial charge in [0, 0.05) is 33.6 Å². The van der Waals surface area contributed by atoms with Crippen LogP contribution in [0, 0.1) is 0 Å². The minimum Gasteiger partial charge on any atom is -0.392 e. The number of aliphatic hydroxyl groups is 1. The molecule has 0 spiro atoms. The van der Waals surface area contributed by atoms with E-state index in [1.54, 1.807) is 24.5 Å². The molecule has 0 aliphatic heterocycles. The molecule has 0 aliphatic carbocycles. The zero-order chi connectivity index (χ0) is 13.1. The van der Waals surface area contributed by atoms with Crippen molar-refractivity contribution in [1.29, 1.82) is 0 Å². The molecule has 0 radical (unpaired) electrons. The second kappa shape index (κ2) is 5.89. The van der Waals surface area contributed by atoms with Crippen molar-refractivity contribution < 1.29 is 5.11 Å². The van der Waals surface area contributed by atoms with Gasteiger partial charge in [0.15, 0.2) is 5.16 Å². The molecular formula is C12H10Cl2N2OS. The van der Waals surface area contributed by atoms with Crippen LogP contribution in [-0.4, -0.2) is 21.3 Å². The van der Waals surface area contributed by atoms with Crippen molar-refractivity contribution in [2.75, 3.05) is 6.26 Å². The van der Waals surface area contributed by atoms with Crippen LogP contribution >= 0.6 is 35.0 Å². The van der Waals surface area contributed by atoms with Crippen molar-refractivity contribution in [3.8, 4) is 11.1 Å². The van der Waals surface area contributed by atoms with Gasteiger partial charge in [-0.05, 0) is 24.0 Å². The number of hydrogen-bond donors (Lipinski definition) is 1. The number of aromatic nitrogens is 2. The maximum atomic E-state index is 9.38. The third-order valence-corrected chi connectivity index (χ3v) is 3.57. The third-order valence-electron chi connectivity index (χ3n) is 2.44. The minimum absolute atomic E-state index is 0.157. The standard InChI is InChI=1S/C12H10Cl2N2OS/c1-18-12-15-4-7(5-16-12)9-2-8(13)3-11(14)10(9)6-17/h2-5,17H,6H2,1H3. The molecule has 0 unspecified atom stereocenters. The van der Waals surface area contributed by atoms with E-state index in [-0.39, 0.29) is 6.61 Å². The van der Waals surface area contributed by atoms with Gasteiger partial charge in [0.25, 0.3) is 0 Å². The molecule has 6 heteroatoms. The van der Waals surface area contributed by atoms with Crippen molar-refractivity contribution >= 4 is 35.0 Å². The first kappa shape index (κ1) is 13.6. The summed E-state index contributed by atoms with van der Waals surface area (Å²) >= 11 is 13.5. The zero-order valence-corrected chi connectivity index (χ0v) is 11.9. The average molecular weight is 301 g/mol. The summed E-state index contributed by atoms with van der Waals surface area (Å²) in [6.45, 7) is -0.157. The normalized spacial score (nSPS) is 10.7. The third kappa shape index (κ3) is 2.78. The van der Waals surface area contributed by atoms with E-state index < -0.39 is 0 Å². The first-order valence-corrected chi connectivity index (χ1v) is 7.09. The van der Waals surface area contributed by atoms with E-state index in [1.807, 2.05) is 6.26 Å². The molecule has 0 atom stereocenters. The summed E-state index contributed by atoms with van der Waals surface area (Å²) in [5, 5.41) is 11.0. The lowest BCUT2D eigenvalue weighted by molar-refractivity contribution is 0.282. The van der Waals surface area contributed by atoms with Crippen LogP contribution in [0.3, 0.4) is 0 Å². The van der Waals surface area contributed by atoms with Gasteiger partial charge >= 0.3 is 0 Å². The smallest absolute Gasteiger partial charge is 0.187 e. The fourth-order valence-electron chi connectivity index (χ4n) is 1.58. The highest BCUT2D eigenvalue weighted by Gasteiger charge is 2.11. The Bertz CT molecular complexity index is 561. The Kier molecular flexibility index (Phi) is 4.45. The Labute approximate surface area is 119 Å². The number of benzene rings is 1. The summed E-state index contributed by atoms with van der Waals surface area (Å²) in [7, 11) is 0. The Morgan fingerprint density at radius 3 is 2.44 bits per heavy atom. The number of halogens is 2. The van der Waals surface area contributed by atoms with Crippen LogP contribution in [0.4, 0.5) is 0 Å². The van der Waals surface area contributed by atoms with Gasteiger partial charge in [-0.1, -0.05) is 35.0 Å². The molecule has 1 aromatic heterocycles. The molecule has 94 valence electrons. The van der Waals surface area contributed by atoms with Gasteiger partial charge < -0.3 is 5.11 Å². The van der Waals surface area contributed by atoms with Gasteiger partial charge in [0.2, 0.25) is 0 Å². The maximum Gasteiger partial charge on any atom is 0.187 e. The summed E-state index contributed by atoms with van der Waals surface area (Å²) in [5.41, 5.74) is 2.16. The molecule has 1 heterocycles. The quantitative estimate of drug-likeness (QED) is 0.694. The molecule has 3 nitrogen and oxygen atoms in total. The van der Waals surface area contributed by atoms with E-state index in [0.29, 0.717) is 20.8 Å². The van der Waals surface area contributed by atoms with Crippen LogP contribution in [0.1, 0.15) is 5.56 Å². The number of rotatable bonds is 3. The minimum atomic E-state index is -0.157. The monoisotopic (exact) mass is 300 g/mol. The van der Waals surface area contributed by atoms with Crippen LogP contribution in [0.25, 0.3) is 11.1 Å². The topological polar surface area (TPSA) is 46.0 Å². The van der Waals surface area contributed by atoms with Gasteiger partial charge in [0.05, 0.1) is 6.61 Å². The molecule has 0 fully saturated rings. The predicted octanol–water partition coefficient (Wildman–Crippen LogP) is 3.66. The second-order valence-corrected chi connectivity index (χ2v) is 5.15.